The van der Waals surface area contributed by atoms with Crippen molar-refractivity contribution in [2.24, 2.45) is 5.92 Å². The van der Waals surface area contributed by atoms with Crippen molar-refractivity contribution >= 4 is 11.8 Å². The van der Waals surface area contributed by atoms with Gasteiger partial charge in [-0.05, 0) is 39.2 Å². The lowest BCUT2D eigenvalue weighted by Crippen LogP contribution is -2.60. The van der Waals surface area contributed by atoms with Gasteiger partial charge in [0.15, 0.2) is 0 Å². The van der Waals surface area contributed by atoms with Crippen LogP contribution >= 0.6 is 0 Å². The number of nitrogens with zero attached hydrogens (tertiary/aromatic N) is 1. The van der Waals surface area contributed by atoms with E-state index in [0.717, 1.165) is 31.2 Å². The quantitative estimate of drug-likeness (QED) is 0.801. The fourth-order valence-electron chi connectivity index (χ4n) is 6.00. The number of carbonyl (C=O) groups is 2. The molecule has 4 aliphatic rings. The second-order valence-electron chi connectivity index (χ2n) is 9.98. The molecule has 0 aromatic heterocycles. The van der Waals surface area contributed by atoms with Gasteiger partial charge in [-0.3, -0.25) is 9.59 Å². The van der Waals surface area contributed by atoms with Crippen LogP contribution in [0.3, 0.4) is 0 Å². The van der Waals surface area contributed by atoms with Gasteiger partial charge in [0.05, 0.1) is 12.0 Å². The molecule has 3 aliphatic heterocycles. The van der Waals surface area contributed by atoms with Crippen LogP contribution in [0.5, 0.6) is 0 Å². The third-order valence-electron chi connectivity index (χ3n) is 7.13. The molecule has 3 heterocycles. The van der Waals surface area contributed by atoms with Crippen LogP contribution in [0.4, 0.5) is 0 Å². The number of benzene rings is 1. The Hall–Kier alpha value is -2.14. The van der Waals surface area contributed by atoms with Crippen LogP contribution in [-0.4, -0.2) is 46.0 Å². The van der Waals surface area contributed by atoms with Crippen molar-refractivity contribution in [2.45, 2.75) is 81.7 Å². The number of carbonyl (C=O) groups excluding carboxylic acids is 2. The lowest BCUT2D eigenvalue weighted by atomic mass is 9.72. The minimum absolute atomic E-state index is 0.0322. The average Bonchev–Trinajstić information content (AvgIpc) is 3.43. The average molecular weight is 395 g/mol. The summed E-state index contributed by atoms with van der Waals surface area (Å²) in [4.78, 5) is 29.1. The van der Waals surface area contributed by atoms with Crippen molar-refractivity contribution in [3.63, 3.8) is 0 Å². The first-order chi connectivity index (χ1) is 13.8. The zero-order valence-electron chi connectivity index (χ0n) is 17.4. The summed E-state index contributed by atoms with van der Waals surface area (Å²) in [7, 11) is 0. The van der Waals surface area contributed by atoms with Gasteiger partial charge in [-0.15, -0.1) is 0 Å². The smallest absolute Gasteiger partial charge is 0.246 e. The zero-order valence-corrected chi connectivity index (χ0v) is 17.4. The van der Waals surface area contributed by atoms with E-state index in [9.17, 15) is 9.59 Å². The summed E-state index contributed by atoms with van der Waals surface area (Å²) >= 11 is 0. The molecule has 1 aromatic rings. The van der Waals surface area contributed by atoms with E-state index in [1.807, 2.05) is 45.0 Å². The van der Waals surface area contributed by atoms with Crippen LogP contribution in [-0.2, 0) is 14.3 Å². The Balaban J connectivity index is 1.56. The predicted octanol–water partition coefficient (Wildman–Crippen LogP) is 3.16. The van der Waals surface area contributed by atoms with Gasteiger partial charge in [-0.2, -0.15) is 0 Å². The van der Waals surface area contributed by atoms with E-state index in [0.29, 0.717) is 0 Å². The maximum Gasteiger partial charge on any atom is 0.246 e. The van der Waals surface area contributed by atoms with E-state index in [1.54, 1.807) is 4.90 Å². The van der Waals surface area contributed by atoms with E-state index < -0.39 is 17.2 Å². The van der Waals surface area contributed by atoms with Gasteiger partial charge in [-0.1, -0.05) is 55.3 Å². The molecule has 1 N–H and O–H groups in total. The van der Waals surface area contributed by atoms with Crippen LogP contribution in [0.25, 0.3) is 0 Å². The summed E-state index contributed by atoms with van der Waals surface area (Å²) in [5, 5.41) is 3.24. The monoisotopic (exact) mass is 394 g/mol. The predicted molar refractivity (Wildman–Crippen MR) is 110 cm³/mol. The van der Waals surface area contributed by atoms with Crippen molar-refractivity contribution in [3.8, 4) is 0 Å². The standard InChI is InChI=1S/C24H30N2O3/c1-23(2,3)26-20(21(27)25-16-11-7-8-12-16)24-14-13-17(29-24)18(19(24)22(26)28)15-9-5-4-6-10-15/h4-6,9-10,13-14,16-20H,7-8,11-12H2,1-3H3,(H,25,27)/t17-,18-,19+,20-,24+/m1/s1. The number of nitrogens with one attached hydrogen (secondary N) is 1. The number of fused-ring (bicyclic) bond motifs is 1. The number of hydrogen-bond donors (Lipinski definition) is 1. The molecule has 1 aromatic carbocycles. The Morgan fingerprint density at radius 2 is 1.86 bits per heavy atom. The molecule has 5 atom stereocenters. The van der Waals surface area contributed by atoms with Crippen LogP contribution in [0.2, 0.25) is 0 Å². The van der Waals surface area contributed by atoms with Gasteiger partial charge >= 0.3 is 0 Å². The first kappa shape index (κ1) is 18.9. The summed E-state index contributed by atoms with van der Waals surface area (Å²) in [6, 6.07) is 9.71. The van der Waals surface area contributed by atoms with Crippen LogP contribution < -0.4 is 5.32 Å². The second-order valence-corrected chi connectivity index (χ2v) is 9.98. The van der Waals surface area contributed by atoms with Gasteiger partial charge in [0.2, 0.25) is 11.8 Å². The first-order valence-corrected chi connectivity index (χ1v) is 10.9. The normalized spacial score (nSPS) is 36.1. The lowest BCUT2D eigenvalue weighted by Gasteiger charge is -2.40. The molecule has 1 aliphatic carbocycles. The van der Waals surface area contributed by atoms with Crippen LogP contribution in [0, 0.1) is 5.92 Å². The Kier molecular flexibility index (Phi) is 4.18. The topological polar surface area (TPSA) is 58.6 Å². The second kappa shape index (κ2) is 6.43. The van der Waals surface area contributed by atoms with Crippen LogP contribution in [0.1, 0.15) is 57.9 Å². The fourth-order valence-corrected chi connectivity index (χ4v) is 6.00. The van der Waals surface area contributed by atoms with Gasteiger partial charge < -0.3 is 15.0 Å². The van der Waals surface area contributed by atoms with Crippen LogP contribution in [0.15, 0.2) is 42.5 Å². The molecule has 1 spiro atoms. The van der Waals surface area contributed by atoms with E-state index in [2.05, 4.69) is 23.5 Å². The Bertz CT molecular complexity index is 853. The van der Waals surface area contributed by atoms with Crippen molar-refractivity contribution in [3.05, 3.63) is 48.0 Å². The molecular formula is C24H30N2O3. The van der Waals surface area contributed by atoms with Crippen molar-refractivity contribution in [1.29, 1.82) is 0 Å². The van der Waals surface area contributed by atoms with E-state index >= 15 is 0 Å². The Morgan fingerprint density at radius 3 is 2.52 bits per heavy atom. The van der Waals surface area contributed by atoms with E-state index in [-0.39, 0.29) is 35.8 Å². The molecule has 0 radical (unpaired) electrons. The summed E-state index contributed by atoms with van der Waals surface area (Å²) in [5.74, 6) is -0.451. The third-order valence-corrected chi connectivity index (χ3v) is 7.13. The van der Waals surface area contributed by atoms with Crippen molar-refractivity contribution in [2.75, 3.05) is 0 Å². The lowest BCUT2D eigenvalue weighted by molar-refractivity contribution is -0.145. The first-order valence-electron chi connectivity index (χ1n) is 10.9. The number of hydrogen-bond acceptors (Lipinski definition) is 3. The largest absolute Gasteiger partial charge is 0.359 e. The molecule has 154 valence electrons. The maximum atomic E-state index is 13.8. The molecule has 5 nitrogen and oxygen atoms in total. The number of ether oxygens (including phenoxy) is 1. The molecule has 29 heavy (non-hydrogen) atoms. The molecular weight excluding hydrogens is 364 g/mol. The number of rotatable bonds is 3. The summed E-state index contributed by atoms with van der Waals surface area (Å²) in [6.45, 7) is 6.02. The highest BCUT2D eigenvalue weighted by Crippen LogP contribution is 2.59. The van der Waals surface area contributed by atoms with Gasteiger partial charge in [0.25, 0.3) is 0 Å². The minimum Gasteiger partial charge on any atom is -0.359 e. The van der Waals surface area contributed by atoms with Gasteiger partial charge in [0, 0.05) is 17.5 Å². The summed E-state index contributed by atoms with van der Waals surface area (Å²) in [5.41, 5.74) is -0.240. The van der Waals surface area contributed by atoms with E-state index in [4.69, 9.17) is 4.74 Å². The molecule has 0 unspecified atom stereocenters. The van der Waals surface area contributed by atoms with Gasteiger partial charge in [-0.25, -0.2) is 0 Å². The molecule has 2 saturated heterocycles. The molecule has 3 fully saturated rings. The molecule has 5 heteroatoms. The Labute approximate surface area is 172 Å². The van der Waals surface area contributed by atoms with Crippen molar-refractivity contribution in [1.82, 2.24) is 10.2 Å². The van der Waals surface area contributed by atoms with Gasteiger partial charge in [0.1, 0.15) is 11.6 Å². The Morgan fingerprint density at radius 1 is 1.17 bits per heavy atom. The van der Waals surface area contributed by atoms with Crippen molar-refractivity contribution < 1.29 is 14.3 Å². The molecule has 2 bridgehead atoms. The highest BCUT2D eigenvalue weighted by atomic mass is 16.5. The molecule has 1 saturated carbocycles. The van der Waals surface area contributed by atoms with E-state index in [1.165, 1.54) is 0 Å². The summed E-state index contributed by atoms with van der Waals surface area (Å²) in [6.07, 6.45) is 8.25. The highest BCUT2D eigenvalue weighted by molar-refractivity contribution is 5.97. The summed E-state index contributed by atoms with van der Waals surface area (Å²) < 4.78 is 6.51. The number of likely N-dealkylation sites (tertiary alicyclic amines) is 1. The fraction of sp³-hybridized carbons (Fsp3) is 0.583. The number of amides is 2. The minimum atomic E-state index is -0.877. The highest BCUT2D eigenvalue weighted by Gasteiger charge is 2.72. The maximum absolute atomic E-state index is 13.8. The molecule has 5 rings (SSSR count). The third kappa shape index (κ3) is 2.70. The SMILES string of the molecule is CC(C)(C)N1C(=O)[C@@H]2[C@H](c3ccccc3)[C@H]3C=C[C@@]2(O3)[C@H]1C(=O)NC1CCCC1. The molecule has 2 amide bonds. The zero-order chi connectivity index (χ0) is 20.4.